The fourth-order valence-corrected chi connectivity index (χ4v) is 2.06. The van der Waals surface area contributed by atoms with Gasteiger partial charge < -0.3 is 16.4 Å². The minimum Gasteiger partial charge on any atom is -0.397 e. The van der Waals surface area contributed by atoms with Crippen molar-refractivity contribution in [2.45, 2.75) is 25.1 Å². The second-order valence-corrected chi connectivity index (χ2v) is 4.47. The van der Waals surface area contributed by atoms with E-state index in [2.05, 4.69) is 10.6 Å². The molecule has 0 radical (unpaired) electrons. The second kappa shape index (κ2) is 5.06. The Balaban J connectivity index is 2.09. The van der Waals surface area contributed by atoms with Gasteiger partial charge in [0.2, 0.25) is 0 Å². The minimum absolute atomic E-state index is 0.142. The van der Waals surface area contributed by atoms with Gasteiger partial charge in [0.25, 0.3) is 0 Å². The van der Waals surface area contributed by atoms with Gasteiger partial charge in [-0.3, -0.25) is 0 Å². The number of alkyl halides is 3. The molecule has 0 amide bonds. The predicted octanol–water partition coefficient (Wildman–Crippen LogP) is 2.45. The van der Waals surface area contributed by atoms with E-state index in [1.807, 2.05) is 0 Å². The summed E-state index contributed by atoms with van der Waals surface area (Å²) in [5.41, 5.74) is 5.67. The quantitative estimate of drug-likeness (QED) is 0.715. The molecule has 0 unspecified atom stereocenters. The van der Waals surface area contributed by atoms with Gasteiger partial charge in [-0.2, -0.15) is 13.2 Å². The van der Waals surface area contributed by atoms with E-state index in [9.17, 15) is 13.2 Å². The van der Waals surface area contributed by atoms with Gasteiger partial charge in [0.05, 0.1) is 16.9 Å². The van der Waals surface area contributed by atoms with Crippen molar-refractivity contribution in [2.24, 2.45) is 0 Å². The first-order valence-electron chi connectivity index (χ1n) is 5.91. The number of halogens is 3. The lowest BCUT2D eigenvalue weighted by molar-refractivity contribution is -0.137. The summed E-state index contributed by atoms with van der Waals surface area (Å²) in [5, 5.41) is 6.42. The molecule has 0 spiro atoms. The highest BCUT2D eigenvalue weighted by Gasteiger charge is 2.30. The summed E-state index contributed by atoms with van der Waals surface area (Å²) in [6, 6.07) is 3.70. The van der Waals surface area contributed by atoms with Gasteiger partial charge in [0.15, 0.2) is 0 Å². The van der Waals surface area contributed by atoms with Crippen LogP contribution in [0.5, 0.6) is 0 Å². The van der Waals surface area contributed by atoms with Crippen molar-refractivity contribution in [3.63, 3.8) is 0 Å². The van der Waals surface area contributed by atoms with E-state index in [0.29, 0.717) is 5.69 Å². The number of anilines is 2. The summed E-state index contributed by atoms with van der Waals surface area (Å²) in [4.78, 5) is 0. The zero-order valence-corrected chi connectivity index (χ0v) is 9.85. The molecule has 0 bridgehead atoms. The van der Waals surface area contributed by atoms with Crippen molar-refractivity contribution in [2.75, 3.05) is 24.1 Å². The summed E-state index contributed by atoms with van der Waals surface area (Å²) in [6.45, 7) is 1.83. The molecule has 1 aromatic rings. The summed E-state index contributed by atoms with van der Waals surface area (Å²) in [6.07, 6.45) is -2.46. The van der Waals surface area contributed by atoms with Gasteiger partial charge in [-0.05, 0) is 44.1 Å². The Bertz CT molecular complexity index is 412. The van der Waals surface area contributed by atoms with Crippen LogP contribution in [0.25, 0.3) is 0 Å². The van der Waals surface area contributed by atoms with Crippen LogP contribution in [-0.2, 0) is 6.18 Å². The zero-order valence-electron chi connectivity index (χ0n) is 9.85. The summed E-state index contributed by atoms with van der Waals surface area (Å²) >= 11 is 0. The second-order valence-electron chi connectivity index (χ2n) is 4.47. The highest BCUT2D eigenvalue weighted by atomic mass is 19.4. The van der Waals surface area contributed by atoms with Crippen molar-refractivity contribution >= 4 is 11.4 Å². The van der Waals surface area contributed by atoms with Crippen LogP contribution >= 0.6 is 0 Å². The highest BCUT2D eigenvalue weighted by Crippen LogP contribution is 2.33. The predicted molar refractivity (Wildman–Crippen MR) is 65.4 cm³/mol. The third kappa shape index (κ3) is 3.07. The van der Waals surface area contributed by atoms with E-state index in [4.69, 9.17) is 5.73 Å². The number of piperidine rings is 1. The van der Waals surface area contributed by atoms with Crippen LogP contribution in [-0.4, -0.2) is 19.1 Å². The largest absolute Gasteiger partial charge is 0.416 e. The van der Waals surface area contributed by atoms with Crippen molar-refractivity contribution in [1.82, 2.24) is 5.32 Å². The average molecular weight is 259 g/mol. The summed E-state index contributed by atoms with van der Waals surface area (Å²) in [5.74, 6) is 0. The third-order valence-corrected chi connectivity index (χ3v) is 3.08. The molecule has 3 nitrogen and oxygen atoms in total. The van der Waals surface area contributed by atoms with Crippen LogP contribution in [0.1, 0.15) is 18.4 Å². The van der Waals surface area contributed by atoms with Crippen LogP contribution in [0, 0.1) is 0 Å². The lowest BCUT2D eigenvalue weighted by atomic mass is 10.1. The number of nitrogens with two attached hydrogens (primary N) is 1. The van der Waals surface area contributed by atoms with Gasteiger partial charge in [0, 0.05) is 6.04 Å². The molecule has 1 aliphatic heterocycles. The lowest BCUT2D eigenvalue weighted by Crippen LogP contribution is -2.35. The van der Waals surface area contributed by atoms with Crippen molar-refractivity contribution in [1.29, 1.82) is 0 Å². The van der Waals surface area contributed by atoms with Crippen LogP contribution in [0.3, 0.4) is 0 Å². The molecule has 2 rings (SSSR count). The van der Waals surface area contributed by atoms with Crippen LogP contribution in [0.2, 0.25) is 0 Å². The van der Waals surface area contributed by atoms with E-state index in [1.165, 1.54) is 6.07 Å². The number of nitrogens with one attached hydrogen (secondary N) is 2. The Hall–Kier alpha value is -1.43. The molecule has 1 heterocycles. The van der Waals surface area contributed by atoms with Crippen molar-refractivity contribution in [3.05, 3.63) is 23.8 Å². The van der Waals surface area contributed by atoms with Crippen LogP contribution in [0.4, 0.5) is 24.5 Å². The Morgan fingerprint density at radius 2 is 1.89 bits per heavy atom. The van der Waals surface area contributed by atoms with Gasteiger partial charge in [-0.1, -0.05) is 0 Å². The fourth-order valence-electron chi connectivity index (χ4n) is 2.06. The van der Waals surface area contributed by atoms with Gasteiger partial charge in [-0.15, -0.1) is 0 Å². The van der Waals surface area contributed by atoms with Gasteiger partial charge in [-0.25, -0.2) is 0 Å². The molecular weight excluding hydrogens is 243 g/mol. The third-order valence-electron chi connectivity index (χ3n) is 3.08. The van der Waals surface area contributed by atoms with E-state index >= 15 is 0 Å². The SMILES string of the molecule is Nc1cc(C(F)(F)F)ccc1NC1CCNCC1. The average Bonchev–Trinajstić information content (AvgIpc) is 2.32. The Labute approximate surface area is 104 Å². The Morgan fingerprint density at radius 1 is 1.22 bits per heavy atom. The molecule has 0 atom stereocenters. The first-order chi connectivity index (χ1) is 8.47. The van der Waals surface area contributed by atoms with E-state index in [0.717, 1.165) is 38.1 Å². The molecule has 0 saturated carbocycles. The molecule has 4 N–H and O–H groups in total. The van der Waals surface area contributed by atoms with Gasteiger partial charge >= 0.3 is 6.18 Å². The van der Waals surface area contributed by atoms with Crippen molar-refractivity contribution in [3.8, 4) is 0 Å². The smallest absolute Gasteiger partial charge is 0.397 e. The van der Waals surface area contributed by atoms with E-state index < -0.39 is 11.7 Å². The molecule has 6 heteroatoms. The number of rotatable bonds is 2. The van der Waals surface area contributed by atoms with E-state index in [1.54, 1.807) is 0 Å². The maximum absolute atomic E-state index is 12.5. The molecule has 0 aliphatic carbocycles. The topological polar surface area (TPSA) is 50.1 Å². The molecule has 1 aliphatic rings. The number of hydrogen-bond donors (Lipinski definition) is 3. The Kier molecular flexibility index (Phi) is 3.65. The first-order valence-corrected chi connectivity index (χ1v) is 5.91. The van der Waals surface area contributed by atoms with Gasteiger partial charge in [0.1, 0.15) is 0 Å². The number of benzene rings is 1. The monoisotopic (exact) mass is 259 g/mol. The van der Waals surface area contributed by atoms with E-state index in [-0.39, 0.29) is 11.7 Å². The molecule has 100 valence electrons. The lowest BCUT2D eigenvalue weighted by Gasteiger charge is -2.25. The van der Waals surface area contributed by atoms with Crippen LogP contribution in [0.15, 0.2) is 18.2 Å². The molecule has 1 aromatic carbocycles. The highest BCUT2D eigenvalue weighted by molar-refractivity contribution is 5.67. The first kappa shape index (κ1) is 13.0. The number of nitrogen functional groups attached to an aromatic ring is 1. The minimum atomic E-state index is -4.35. The summed E-state index contributed by atoms with van der Waals surface area (Å²) < 4.78 is 37.4. The molecule has 1 saturated heterocycles. The standard InChI is InChI=1S/C12H16F3N3/c13-12(14,15)8-1-2-11(10(16)7-8)18-9-3-5-17-6-4-9/h1-2,7,9,17-18H,3-6,16H2. The summed E-state index contributed by atoms with van der Waals surface area (Å²) in [7, 11) is 0. The van der Waals surface area contributed by atoms with Crippen molar-refractivity contribution < 1.29 is 13.2 Å². The Morgan fingerprint density at radius 3 is 2.44 bits per heavy atom. The zero-order chi connectivity index (χ0) is 13.2. The number of hydrogen-bond acceptors (Lipinski definition) is 3. The van der Waals surface area contributed by atoms with Crippen LogP contribution < -0.4 is 16.4 Å². The molecule has 1 fully saturated rings. The molecule has 0 aromatic heterocycles. The maximum atomic E-state index is 12.5. The maximum Gasteiger partial charge on any atom is 0.416 e. The fraction of sp³-hybridized carbons (Fsp3) is 0.500. The molecule has 18 heavy (non-hydrogen) atoms. The molecular formula is C12H16F3N3. The normalized spacial score (nSPS) is 17.7.